The number of carbonyl (C=O) groups is 1. The molecular weight excluding hydrogens is 384 g/mol. The first-order valence-corrected chi connectivity index (χ1v) is 11.5. The number of amides is 1. The van der Waals surface area contributed by atoms with Crippen LogP contribution in [0.2, 0.25) is 0 Å². The van der Waals surface area contributed by atoms with Gasteiger partial charge in [0.2, 0.25) is 5.91 Å². The number of hydrogen-bond acceptors (Lipinski definition) is 3. The van der Waals surface area contributed by atoms with Gasteiger partial charge in [0.05, 0.1) is 10.6 Å². The molecule has 5 nitrogen and oxygen atoms in total. The lowest BCUT2D eigenvalue weighted by molar-refractivity contribution is -0.121. The third-order valence-electron chi connectivity index (χ3n) is 4.88. The topological polar surface area (TPSA) is 68.2 Å². The number of nitrogens with one attached hydrogen (secondary N) is 1. The Morgan fingerprint density at radius 1 is 1.10 bits per heavy atom. The van der Waals surface area contributed by atoms with Gasteiger partial charge in [0.25, 0.3) is 0 Å². The molecule has 2 aromatic carbocycles. The highest BCUT2D eigenvalue weighted by molar-refractivity contribution is 7.90. The van der Waals surface area contributed by atoms with Crippen molar-refractivity contribution in [3.05, 3.63) is 65.9 Å². The highest BCUT2D eigenvalue weighted by Gasteiger charge is 2.22. The summed E-state index contributed by atoms with van der Waals surface area (Å²) in [6.07, 6.45) is 2.51. The van der Waals surface area contributed by atoms with Crippen molar-refractivity contribution in [2.45, 2.75) is 44.4 Å². The summed E-state index contributed by atoms with van der Waals surface area (Å²) in [4.78, 5) is 12.6. The maximum absolute atomic E-state index is 13.2. The van der Waals surface area contributed by atoms with Gasteiger partial charge >= 0.3 is 0 Å². The lowest BCUT2D eigenvalue weighted by Gasteiger charge is -2.08. The number of sulfone groups is 1. The summed E-state index contributed by atoms with van der Waals surface area (Å²) in [5.41, 5.74) is 2.53. The average Bonchev–Trinajstić information content (AvgIpc) is 3.01. The zero-order valence-corrected chi connectivity index (χ0v) is 18.0. The number of para-hydroxylation sites is 1. The predicted octanol–water partition coefficient (Wildman–Crippen LogP) is 4.09. The number of nitrogens with zero attached hydrogens (tertiary/aromatic N) is 1. The van der Waals surface area contributed by atoms with Gasteiger partial charge in [-0.1, -0.05) is 61.9 Å². The van der Waals surface area contributed by atoms with Gasteiger partial charge in [-0.15, -0.1) is 0 Å². The minimum Gasteiger partial charge on any atom is -0.355 e. The second kappa shape index (κ2) is 8.82. The molecule has 0 atom stereocenters. The van der Waals surface area contributed by atoms with Crippen LogP contribution in [-0.4, -0.2) is 25.4 Å². The lowest BCUT2D eigenvalue weighted by atomic mass is 10.1. The molecule has 0 saturated heterocycles. The van der Waals surface area contributed by atoms with Gasteiger partial charge in [-0.2, -0.15) is 0 Å². The molecule has 3 rings (SSSR count). The number of hydrogen-bond donors (Lipinski definition) is 1. The van der Waals surface area contributed by atoms with Crippen molar-refractivity contribution in [1.29, 1.82) is 0 Å². The Bertz CT molecular complexity index is 1110. The molecule has 0 aliphatic carbocycles. The molecule has 3 aromatic rings. The summed E-state index contributed by atoms with van der Waals surface area (Å²) in [6.45, 7) is 6.88. The first-order chi connectivity index (χ1) is 13.8. The number of aromatic nitrogens is 1. The Hall–Kier alpha value is -2.60. The van der Waals surface area contributed by atoms with Gasteiger partial charge in [-0.05, 0) is 30.9 Å². The third kappa shape index (κ3) is 5.26. The lowest BCUT2D eigenvalue weighted by Crippen LogP contribution is -2.28. The smallest absolute Gasteiger partial charge is 0.239 e. The Balaban J connectivity index is 1.88. The second-order valence-corrected chi connectivity index (χ2v) is 9.88. The molecule has 1 N–H and O–H groups in total. The average molecular weight is 413 g/mol. The summed E-state index contributed by atoms with van der Waals surface area (Å²) in [6, 6.07) is 14.8. The van der Waals surface area contributed by atoms with Gasteiger partial charge in [-0.25, -0.2) is 8.42 Å². The second-order valence-electron chi connectivity index (χ2n) is 7.92. The van der Waals surface area contributed by atoms with E-state index in [1.165, 1.54) is 0 Å². The van der Waals surface area contributed by atoms with Crippen molar-refractivity contribution in [3.8, 4) is 0 Å². The zero-order chi connectivity index (χ0) is 21.0. The molecule has 0 unspecified atom stereocenters. The van der Waals surface area contributed by atoms with Crippen LogP contribution in [0.4, 0.5) is 0 Å². The molecule has 0 saturated carbocycles. The van der Waals surface area contributed by atoms with Crippen LogP contribution >= 0.6 is 0 Å². The molecule has 1 heterocycles. The normalized spacial score (nSPS) is 11.9. The molecule has 6 heteroatoms. The van der Waals surface area contributed by atoms with Gasteiger partial charge in [0.15, 0.2) is 9.84 Å². The molecule has 0 fully saturated rings. The van der Waals surface area contributed by atoms with E-state index < -0.39 is 9.84 Å². The predicted molar refractivity (Wildman–Crippen MR) is 116 cm³/mol. The summed E-state index contributed by atoms with van der Waals surface area (Å²) in [5.74, 6) is 0.332. The maximum Gasteiger partial charge on any atom is 0.239 e. The molecule has 1 amide bonds. The minimum atomic E-state index is -3.55. The number of benzene rings is 2. The van der Waals surface area contributed by atoms with Crippen LogP contribution in [-0.2, 0) is 26.9 Å². The Morgan fingerprint density at radius 3 is 2.59 bits per heavy atom. The van der Waals surface area contributed by atoms with Crippen molar-refractivity contribution in [3.63, 3.8) is 0 Å². The van der Waals surface area contributed by atoms with E-state index in [2.05, 4.69) is 19.2 Å². The minimum absolute atomic E-state index is 0.0662. The van der Waals surface area contributed by atoms with Crippen molar-refractivity contribution < 1.29 is 13.2 Å². The van der Waals surface area contributed by atoms with Gasteiger partial charge in [0, 0.05) is 23.6 Å². The van der Waals surface area contributed by atoms with E-state index in [1.807, 2.05) is 49.4 Å². The van der Waals surface area contributed by atoms with Crippen LogP contribution in [0.5, 0.6) is 0 Å². The van der Waals surface area contributed by atoms with E-state index in [0.717, 1.165) is 23.1 Å². The maximum atomic E-state index is 13.2. The first-order valence-electron chi connectivity index (χ1n) is 9.89. The van der Waals surface area contributed by atoms with Gasteiger partial charge < -0.3 is 9.88 Å². The molecule has 0 spiro atoms. The summed E-state index contributed by atoms with van der Waals surface area (Å²) >= 11 is 0. The fourth-order valence-electron chi connectivity index (χ4n) is 3.40. The summed E-state index contributed by atoms with van der Waals surface area (Å²) < 4.78 is 28.0. The molecular formula is C23H28N2O3S. The number of rotatable bonds is 8. The van der Waals surface area contributed by atoms with Crippen molar-refractivity contribution in [1.82, 2.24) is 9.88 Å². The SMILES string of the molecule is Cc1cccc(CS(=O)(=O)c2cn(CC(=O)NCCC(C)C)c3ccccc23)c1. The Labute approximate surface area is 172 Å². The Morgan fingerprint density at radius 2 is 1.86 bits per heavy atom. The standard InChI is InChI=1S/C23H28N2O3S/c1-17(2)11-12-24-23(26)15-25-14-22(20-9-4-5-10-21(20)25)29(27,28)16-19-8-6-7-18(3)13-19/h4-10,13-14,17H,11-12,15-16H2,1-3H3,(H,24,26). The third-order valence-corrected chi connectivity index (χ3v) is 6.59. The van der Waals surface area contributed by atoms with Crippen molar-refractivity contribution in [2.75, 3.05) is 6.54 Å². The van der Waals surface area contributed by atoms with E-state index >= 15 is 0 Å². The van der Waals surface area contributed by atoms with E-state index in [9.17, 15) is 13.2 Å². The van der Waals surface area contributed by atoms with E-state index in [0.29, 0.717) is 17.8 Å². The molecule has 0 aliphatic rings. The molecule has 0 radical (unpaired) electrons. The molecule has 1 aromatic heterocycles. The highest BCUT2D eigenvalue weighted by Crippen LogP contribution is 2.28. The van der Waals surface area contributed by atoms with Crippen molar-refractivity contribution >= 4 is 26.6 Å². The van der Waals surface area contributed by atoms with E-state index in [1.54, 1.807) is 16.8 Å². The highest BCUT2D eigenvalue weighted by atomic mass is 32.2. The fraction of sp³-hybridized carbons (Fsp3) is 0.348. The van der Waals surface area contributed by atoms with Gasteiger partial charge in [0.1, 0.15) is 6.54 Å². The van der Waals surface area contributed by atoms with Crippen molar-refractivity contribution in [2.24, 2.45) is 5.92 Å². The quantitative estimate of drug-likeness (QED) is 0.606. The first kappa shape index (κ1) is 21.1. The number of aryl methyl sites for hydroxylation is 1. The largest absolute Gasteiger partial charge is 0.355 e. The Kier molecular flexibility index (Phi) is 6.42. The van der Waals surface area contributed by atoms with Crippen LogP contribution < -0.4 is 5.32 Å². The molecule has 0 bridgehead atoms. The summed E-state index contributed by atoms with van der Waals surface area (Å²) in [7, 11) is -3.55. The fourth-order valence-corrected chi connectivity index (χ4v) is 4.97. The summed E-state index contributed by atoms with van der Waals surface area (Å²) in [5, 5.41) is 3.56. The number of carbonyl (C=O) groups excluding carboxylic acids is 1. The van der Waals surface area contributed by atoms with Crippen LogP contribution in [0.15, 0.2) is 59.6 Å². The monoisotopic (exact) mass is 412 g/mol. The van der Waals surface area contributed by atoms with E-state index in [4.69, 9.17) is 0 Å². The van der Waals surface area contributed by atoms with Gasteiger partial charge in [-0.3, -0.25) is 4.79 Å². The van der Waals surface area contributed by atoms with Crippen LogP contribution in [0.25, 0.3) is 10.9 Å². The van der Waals surface area contributed by atoms with E-state index in [-0.39, 0.29) is 23.1 Å². The molecule has 0 aliphatic heterocycles. The number of fused-ring (bicyclic) bond motifs is 1. The molecule has 29 heavy (non-hydrogen) atoms. The molecule has 154 valence electrons. The zero-order valence-electron chi connectivity index (χ0n) is 17.2. The van der Waals surface area contributed by atoms with Crippen LogP contribution in [0.3, 0.4) is 0 Å². The van der Waals surface area contributed by atoms with Crippen LogP contribution in [0.1, 0.15) is 31.4 Å². The van der Waals surface area contributed by atoms with Crippen LogP contribution in [0, 0.1) is 12.8 Å².